The van der Waals surface area contributed by atoms with Crippen molar-refractivity contribution in [1.82, 2.24) is 9.78 Å². The predicted octanol–water partition coefficient (Wildman–Crippen LogP) is 1.13. The highest BCUT2D eigenvalue weighted by molar-refractivity contribution is 7.92. The predicted molar refractivity (Wildman–Crippen MR) is 71.2 cm³/mol. The lowest BCUT2D eigenvalue weighted by Crippen LogP contribution is -2.09. The topological polar surface area (TPSA) is 90.0 Å². The molecule has 0 saturated carbocycles. The lowest BCUT2D eigenvalue weighted by atomic mass is 10.3. The van der Waals surface area contributed by atoms with Crippen LogP contribution in [0.4, 0.5) is 11.5 Å². The summed E-state index contributed by atoms with van der Waals surface area (Å²) >= 11 is 0. The summed E-state index contributed by atoms with van der Waals surface area (Å²) in [7, 11) is -3.26. The van der Waals surface area contributed by atoms with Gasteiger partial charge in [-0.1, -0.05) is 0 Å². The molecule has 96 valence electrons. The molecule has 0 bridgehead atoms. The van der Waals surface area contributed by atoms with Crippen molar-refractivity contribution in [2.75, 3.05) is 16.7 Å². The lowest BCUT2D eigenvalue weighted by molar-refractivity contribution is 0.607. The molecule has 0 spiro atoms. The van der Waals surface area contributed by atoms with Crippen LogP contribution in [0.15, 0.2) is 30.3 Å². The molecule has 0 aliphatic heterocycles. The molecule has 0 radical (unpaired) electrons. The van der Waals surface area contributed by atoms with Gasteiger partial charge in [-0.05, 0) is 31.2 Å². The highest BCUT2D eigenvalue weighted by Gasteiger charge is 2.05. The van der Waals surface area contributed by atoms with E-state index in [0.717, 1.165) is 17.6 Å². The average Bonchev–Trinajstić information content (AvgIpc) is 2.57. The second-order valence-corrected chi connectivity index (χ2v) is 5.79. The number of nitrogen functional groups attached to an aromatic ring is 1. The number of anilines is 2. The van der Waals surface area contributed by atoms with Gasteiger partial charge in [-0.25, -0.2) is 13.1 Å². The van der Waals surface area contributed by atoms with Crippen LogP contribution in [-0.4, -0.2) is 24.5 Å². The Labute approximate surface area is 105 Å². The largest absolute Gasteiger partial charge is 0.384 e. The Hall–Kier alpha value is -2.02. The highest BCUT2D eigenvalue weighted by Crippen LogP contribution is 2.17. The molecule has 0 atom stereocenters. The first-order valence-electron chi connectivity index (χ1n) is 5.25. The van der Waals surface area contributed by atoms with Crippen molar-refractivity contribution in [3.63, 3.8) is 0 Å². The summed E-state index contributed by atoms with van der Waals surface area (Å²) in [5.74, 6) is 0.538. The average molecular weight is 266 g/mol. The fourth-order valence-corrected chi connectivity index (χ4v) is 2.18. The van der Waals surface area contributed by atoms with Crippen molar-refractivity contribution < 1.29 is 8.42 Å². The number of aryl methyl sites for hydroxylation is 1. The second-order valence-electron chi connectivity index (χ2n) is 4.04. The first-order valence-corrected chi connectivity index (χ1v) is 7.15. The Morgan fingerprint density at radius 2 is 1.89 bits per heavy atom. The number of nitrogens with zero attached hydrogens (tertiary/aromatic N) is 2. The maximum atomic E-state index is 11.1. The summed E-state index contributed by atoms with van der Waals surface area (Å²) in [6.45, 7) is 1.85. The molecule has 1 heterocycles. The van der Waals surface area contributed by atoms with Crippen LogP contribution in [-0.2, 0) is 10.0 Å². The van der Waals surface area contributed by atoms with Crippen molar-refractivity contribution in [2.24, 2.45) is 0 Å². The van der Waals surface area contributed by atoms with Crippen LogP contribution in [0.25, 0.3) is 5.69 Å². The van der Waals surface area contributed by atoms with Gasteiger partial charge in [0.25, 0.3) is 0 Å². The lowest BCUT2D eigenvalue weighted by Gasteiger charge is -2.06. The third-order valence-electron chi connectivity index (χ3n) is 2.27. The summed E-state index contributed by atoms with van der Waals surface area (Å²) in [6.07, 6.45) is 1.11. The molecule has 0 amide bonds. The van der Waals surface area contributed by atoms with Gasteiger partial charge in [0.1, 0.15) is 5.82 Å². The van der Waals surface area contributed by atoms with Crippen molar-refractivity contribution in [3.8, 4) is 5.69 Å². The van der Waals surface area contributed by atoms with Gasteiger partial charge in [0.2, 0.25) is 10.0 Å². The zero-order valence-corrected chi connectivity index (χ0v) is 10.9. The van der Waals surface area contributed by atoms with E-state index >= 15 is 0 Å². The Morgan fingerprint density at radius 3 is 2.33 bits per heavy atom. The van der Waals surface area contributed by atoms with Crippen LogP contribution >= 0.6 is 0 Å². The van der Waals surface area contributed by atoms with Crippen molar-refractivity contribution in [2.45, 2.75) is 6.92 Å². The molecular weight excluding hydrogens is 252 g/mol. The maximum Gasteiger partial charge on any atom is 0.229 e. The van der Waals surface area contributed by atoms with Crippen LogP contribution in [0.1, 0.15) is 5.69 Å². The van der Waals surface area contributed by atoms with Gasteiger partial charge in [-0.3, -0.25) is 4.72 Å². The van der Waals surface area contributed by atoms with Gasteiger partial charge in [0.15, 0.2) is 0 Å². The Balaban J connectivity index is 2.30. The molecule has 2 aromatic rings. The minimum atomic E-state index is -3.26. The van der Waals surface area contributed by atoms with E-state index in [4.69, 9.17) is 5.73 Å². The number of nitrogens with one attached hydrogen (secondary N) is 1. The first kappa shape index (κ1) is 12.4. The summed E-state index contributed by atoms with van der Waals surface area (Å²) < 4.78 is 26.1. The van der Waals surface area contributed by atoms with Crippen LogP contribution in [0.3, 0.4) is 0 Å². The SMILES string of the molecule is Cc1cc(N)n(-c2ccc(NS(C)(=O)=O)cc2)n1. The molecule has 18 heavy (non-hydrogen) atoms. The van der Waals surface area contributed by atoms with Gasteiger partial charge in [-0.15, -0.1) is 0 Å². The third kappa shape index (κ3) is 2.80. The molecule has 0 aliphatic rings. The minimum Gasteiger partial charge on any atom is -0.384 e. The van der Waals surface area contributed by atoms with E-state index in [0.29, 0.717) is 11.5 Å². The smallest absolute Gasteiger partial charge is 0.229 e. The van der Waals surface area contributed by atoms with E-state index in [1.807, 2.05) is 6.92 Å². The highest BCUT2D eigenvalue weighted by atomic mass is 32.2. The molecule has 3 N–H and O–H groups in total. The molecule has 0 aliphatic carbocycles. The van der Waals surface area contributed by atoms with Gasteiger partial charge < -0.3 is 5.73 Å². The first-order chi connectivity index (χ1) is 8.35. The second kappa shape index (κ2) is 4.34. The number of rotatable bonds is 3. The molecule has 0 saturated heterocycles. The van der Waals surface area contributed by atoms with Crippen molar-refractivity contribution in [1.29, 1.82) is 0 Å². The summed E-state index contributed by atoms with van der Waals surface area (Å²) in [4.78, 5) is 0. The maximum absolute atomic E-state index is 11.1. The van der Waals surface area contributed by atoms with Gasteiger partial charge >= 0.3 is 0 Å². The van der Waals surface area contributed by atoms with E-state index in [1.54, 1.807) is 35.0 Å². The van der Waals surface area contributed by atoms with Gasteiger partial charge in [0, 0.05) is 11.8 Å². The number of benzene rings is 1. The van der Waals surface area contributed by atoms with Crippen LogP contribution < -0.4 is 10.5 Å². The van der Waals surface area contributed by atoms with E-state index in [2.05, 4.69) is 9.82 Å². The van der Waals surface area contributed by atoms with Crippen LogP contribution in [0, 0.1) is 6.92 Å². The number of hydrogen-bond donors (Lipinski definition) is 2. The Kier molecular flexibility index (Phi) is 3.00. The zero-order chi connectivity index (χ0) is 13.3. The van der Waals surface area contributed by atoms with E-state index < -0.39 is 10.0 Å². The van der Waals surface area contributed by atoms with Crippen LogP contribution in [0.5, 0.6) is 0 Å². The monoisotopic (exact) mass is 266 g/mol. The fourth-order valence-electron chi connectivity index (χ4n) is 1.61. The van der Waals surface area contributed by atoms with Gasteiger partial charge in [0.05, 0.1) is 17.6 Å². The molecule has 7 heteroatoms. The Bertz CT molecular complexity index is 659. The van der Waals surface area contributed by atoms with E-state index in [9.17, 15) is 8.42 Å². The van der Waals surface area contributed by atoms with Crippen LogP contribution in [0.2, 0.25) is 0 Å². The fraction of sp³-hybridized carbons (Fsp3) is 0.182. The van der Waals surface area contributed by atoms with Crippen molar-refractivity contribution >= 4 is 21.5 Å². The summed E-state index contributed by atoms with van der Waals surface area (Å²) in [5, 5.41) is 4.24. The normalized spacial score (nSPS) is 11.4. The van der Waals surface area contributed by atoms with Gasteiger partial charge in [-0.2, -0.15) is 5.10 Å². The summed E-state index contributed by atoms with van der Waals surface area (Å²) in [6, 6.07) is 8.58. The molecular formula is C11H14N4O2S. The van der Waals surface area contributed by atoms with E-state index in [1.165, 1.54) is 0 Å². The Morgan fingerprint density at radius 1 is 1.28 bits per heavy atom. The van der Waals surface area contributed by atoms with E-state index in [-0.39, 0.29) is 0 Å². The molecule has 1 aromatic heterocycles. The zero-order valence-electron chi connectivity index (χ0n) is 10.1. The molecule has 0 fully saturated rings. The number of hydrogen-bond acceptors (Lipinski definition) is 4. The molecule has 1 aromatic carbocycles. The quantitative estimate of drug-likeness (QED) is 0.871. The number of nitrogens with two attached hydrogens (primary N) is 1. The molecule has 0 unspecified atom stereocenters. The third-order valence-corrected chi connectivity index (χ3v) is 2.88. The van der Waals surface area contributed by atoms with Crippen molar-refractivity contribution in [3.05, 3.63) is 36.0 Å². The molecule has 6 nitrogen and oxygen atoms in total. The number of sulfonamides is 1. The summed E-state index contributed by atoms with van der Waals surface area (Å²) in [5.41, 5.74) is 7.91. The minimum absolute atomic E-state index is 0.503. The number of aromatic nitrogens is 2. The molecule has 2 rings (SSSR count). The standard InChI is InChI=1S/C11H14N4O2S/c1-8-7-11(12)15(13-8)10-5-3-9(4-6-10)14-18(2,16)17/h3-7,14H,12H2,1-2H3.